The molecule has 1 aliphatic heterocycles. The van der Waals surface area contributed by atoms with Crippen LogP contribution < -0.4 is 5.32 Å². The lowest BCUT2D eigenvalue weighted by atomic mass is 9.99. The quantitative estimate of drug-likeness (QED) is 0.309. The maximum Gasteiger partial charge on any atom is 0.451 e. The van der Waals surface area contributed by atoms with E-state index in [1.54, 1.807) is 0 Å². The molecular weight excluding hydrogens is 516 g/mol. The third-order valence-corrected chi connectivity index (χ3v) is 5.65. The van der Waals surface area contributed by atoms with Crippen LogP contribution in [0.25, 0.3) is 0 Å². The molecule has 1 aromatic carbocycles. The second kappa shape index (κ2) is 11.1. The van der Waals surface area contributed by atoms with Crippen LogP contribution in [0.4, 0.5) is 26.3 Å². The molecule has 10 nitrogen and oxygen atoms in total. The molecule has 0 radical (unpaired) electrons. The van der Waals surface area contributed by atoms with E-state index in [1.165, 1.54) is 0 Å². The number of hydrogen-bond acceptors (Lipinski definition) is 6. The molecule has 16 heteroatoms. The number of fused-ring (bicyclic) bond motifs is 1. The monoisotopic (exact) mass is 537 g/mol. The van der Waals surface area contributed by atoms with Crippen LogP contribution in [0, 0.1) is 17.5 Å². The van der Waals surface area contributed by atoms with Gasteiger partial charge in [0.15, 0.2) is 17.5 Å². The topological polar surface area (TPSA) is 138 Å². The van der Waals surface area contributed by atoms with Crippen LogP contribution in [0.15, 0.2) is 12.1 Å². The maximum atomic E-state index is 14.3. The van der Waals surface area contributed by atoms with Gasteiger partial charge in [0.1, 0.15) is 5.82 Å². The zero-order valence-electron chi connectivity index (χ0n) is 18.9. The first-order valence-corrected chi connectivity index (χ1v) is 10.8. The molecule has 2 heterocycles. The number of nitrogens with zero attached hydrogens (tertiary/aromatic N) is 4. The van der Waals surface area contributed by atoms with Crippen molar-refractivity contribution in [2.45, 2.75) is 57.0 Å². The molecule has 1 unspecified atom stereocenters. The molecule has 1 aliphatic rings. The number of rotatable bonds is 10. The van der Waals surface area contributed by atoms with Crippen molar-refractivity contribution in [1.29, 1.82) is 0 Å². The van der Waals surface area contributed by atoms with E-state index in [0.717, 1.165) is 9.47 Å². The summed E-state index contributed by atoms with van der Waals surface area (Å²) in [6.07, 6.45) is -7.04. The van der Waals surface area contributed by atoms with Gasteiger partial charge in [-0.15, -0.1) is 10.2 Å². The Morgan fingerprint density at radius 2 is 1.54 bits per heavy atom. The van der Waals surface area contributed by atoms with E-state index in [9.17, 15) is 40.7 Å². The first-order chi connectivity index (χ1) is 17.2. The highest BCUT2D eigenvalue weighted by Gasteiger charge is 2.40. The van der Waals surface area contributed by atoms with Gasteiger partial charge in [0.25, 0.3) is 0 Å². The third-order valence-electron chi connectivity index (χ3n) is 5.65. The molecule has 1 atom stereocenters. The average Bonchev–Trinajstić information content (AvgIpc) is 3.20. The molecule has 3 N–H and O–H groups in total. The summed E-state index contributed by atoms with van der Waals surface area (Å²) >= 11 is 0. The Hall–Kier alpha value is -3.69. The number of aliphatic carboxylic acids is 2. The third kappa shape index (κ3) is 7.18. The number of benzene rings is 1. The van der Waals surface area contributed by atoms with Gasteiger partial charge >= 0.3 is 18.1 Å². The Morgan fingerprint density at radius 1 is 0.919 bits per heavy atom. The summed E-state index contributed by atoms with van der Waals surface area (Å²) in [5, 5.41) is 27.4. The number of carbonyl (C=O) groups is 3. The number of nitrogens with one attached hydrogen (secondary N) is 1. The molecular formula is C21H21F6N5O5. The average molecular weight is 537 g/mol. The minimum absolute atomic E-state index is 0.127. The van der Waals surface area contributed by atoms with Crippen molar-refractivity contribution in [2.75, 3.05) is 6.54 Å². The fourth-order valence-electron chi connectivity index (χ4n) is 4.04. The number of carboxylic acid groups (broad SMARTS) is 2. The van der Waals surface area contributed by atoms with Gasteiger partial charge in [0.2, 0.25) is 11.7 Å². The van der Waals surface area contributed by atoms with Crippen molar-refractivity contribution in [3.8, 4) is 0 Å². The lowest BCUT2D eigenvalue weighted by molar-refractivity contribution is -0.148. The second-order valence-electron chi connectivity index (χ2n) is 8.43. The zero-order chi connectivity index (χ0) is 27.5. The van der Waals surface area contributed by atoms with Gasteiger partial charge in [0, 0.05) is 37.7 Å². The smallest absolute Gasteiger partial charge is 0.451 e. The molecule has 202 valence electrons. The van der Waals surface area contributed by atoms with Crippen molar-refractivity contribution < 1.29 is 50.9 Å². The van der Waals surface area contributed by atoms with Gasteiger partial charge in [-0.2, -0.15) is 13.2 Å². The molecule has 0 saturated heterocycles. The van der Waals surface area contributed by atoms with E-state index in [2.05, 4.69) is 15.5 Å². The van der Waals surface area contributed by atoms with Crippen LogP contribution in [-0.2, 0) is 40.1 Å². The molecule has 0 aliphatic carbocycles. The standard InChI is InChI=1S/C21H21F6N5O5/c22-13-8-15(24)14(23)4-10(13)3-11(28-12(6-18(34)35)7-19(36)37)5-17(33)31-1-2-32-16(9-31)29-30-20(32)21(25,26)27/h4,8,11-12,28H,1-3,5-7,9H2,(H,34,35)(H,36,37). The number of hydrogen-bond donors (Lipinski definition) is 3. The summed E-state index contributed by atoms with van der Waals surface area (Å²) in [5.74, 6) is -8.69. The van der Waals surface area contributed by atoms with Crippen molar-refractivity contribution in [2.24, 2.45) is 0 Å². The van der Waals surface area contributed by atoms with E-state index in [-0.39, 0.29) is 31.0 Å². The molecule has 0 bridgehead atoms. The molecule has 1 amide bonds. The van der Waals surface area contributed by atoms with Crippen LogP contribution in [-0.4, -0.2) is 66.4 Å². The lowest BCUT2D eigenvalue weighted by Crippen LogP contribution is -2.46. The van der Waals surface area contributed by atoms with Crippen LogP contribution in [0.3, 0.4) is 0 Å². The number of carbonyl (C=O) groups excluding carboxylic acids is 1. The summed E-state index contributed by atoms with van der Waals surface area (Å²) in [7, 11) is 0. The number of amides is 1. The van der Waals surface area contributed by atoms with Gasteiger partial charge in [-0.3, -0.25) is 14.4 Å². The summed E-state index contributed by atoms with van der Waals surface area (Å²) in [5.41, 5.74) is -0.359. The van der Waals surface area contributed by atoms with Crippen molar-refractivity contribution in [1.82, 2.24) is 25.0 Å². The number of halogens is 6. The van der Waals surface area contributed by atoms with Crippen LogP contribution in [0.1, 0.15) is 36.5 Å². The summed E-state index contributed by atoms with van der Waals surface area (Å²) in [6.45, 7) is -0.756. The summed E-state index contributed by atoms with van der Waals surface area (Å²) in [6, 6.07) is -1.48. The Morgan fingerprint density at radius 3 is 2.14 bits per heavy atom. The Bertz CT molecular complexity index is 1170. The molecule has 2 aromatic rings. The van der Waals surface area contributed by atoms with Crippen LogP contribution in [0.5, 0.6) is 0 Å². The highest BCUT2D eigenvalue weighted by molar-refractivity contribution is 5.77. The van der Waals surface area contributed by atoms with E-state index in [1.807, 2.05) is 0 Å². The fraction of sp³-hybridized carbons (Fsp3) is 0.476. The first-order valence-electron chi connectivity index (χ1n) is 10.8. The molecule has 0 saturated carbocycles. The maximum absolute atomic E-state index is 14.3. The first kappa shape index (κ1) is 27.9. The van der Waals surface area contributed by atoms with Crippen molar-refractivity contribution in [3.05, 3.63) is 46.8 Å². The number of alkyl halides is 3. The number of carboxylic acids is 2. The van der Waals surface area contributed by atoms with E-state index >= 15 is 0 Å². The SMILES string of the molecule is O=C(O)CC(CC(=O)O)NC(CC(=O)N1CCn2c(nnc2C(F)(F)F)C1)Cc1cc(F)c(F)cc1F. The fourth-order valence-corrected chi connectivity index (χ4v) is 4.04. The minimum Gasteiger partial charge on any atom is -0.481 e. The highest BCUT2D eigenvalue weighted by atomic mass is 19.4. The predicted octanol–water partition coefficient (Wildman–Crippen LogP) is 1.97. The molecule has 37 heavy (non-hydrogen) atoms. The van der Waals surface area contributed by atoms with Gasteiger partial charge in [0.05, 0.1) is 19.4 Å². The van der Waals surface area contributed by atoms with E-state index < -0.39 is 85.1 Å². The van der Waals surface area contributed by atoms with Crippen molar-refractivity contribution in [3.63, 3.8) is 0 Å². The zero-order valence-corrected chi connectivity index (χ0v) is 18.9. The van der Waals surface area contributed by atoms with E-state index in [4.69, 9.17) is 10.2 Å². The second-order valence-corrected chi connectivity index (χ2v) is 8.43. The van der Waals surface area contributed by atoms with Crippen LogP contribution >= 0.6 is 0 Å². The summed E-state index contributed by atoms with van der Waals surface area (Å²) in [4.78, 5) is 36.5. The minimum atomic E-state index is -4.75. The van der Waals surface area contributed by atoms with E-state index in [0.29, 0.717) is 12.1 Å². The van der Waals surface area contributed by atoms with Crippen LogP contribution in [0.2, 0.25) is 0 Å². The van der Waals surface area contributed by atoms with Gasteiger partial charge in [-0.05, 0) is 18.1 Å². The normalized spacial score (nSPS) is 14.5. The largest absolute Gasteiger partial charge is 0.481 e. The Kier molecular flexibility index (Phi) is 8.40. The molecule has 1 aromatic heterocycles. The molecule has 3 rings (SSSR count). The Labute approximate surface area is 204 Å². The predicted molar refractivity (Wildman–Crippen MR) is 110 cm³/mol. The highest BCUT2D eigenvalue weighted by Crippen LogP contribution is 2.29. The lowest BCUT2D eigenvalue weighted by Gasteiger charge is -2.31. The molecule has 0 spiro atoms. The van der Waals surface area contributed by atoms with Gasteiger partial charge in [-0.25, -0.2) is 13.2 Å². The number of aromatic nitrogens is 3. The van der Waals surface area contributed by atoms with Crippen molar-refractivity contribution >= 4 is 17.8 Å². The Balaban J connectivity index is 1.81. The molecule has 0 fully saturated rings. The van der Waals surface area contributed by atoms with Gasteiger partial charge in [-0.1, -0.05) is 0 Å². The van der Waals surface area contributed by atoms with Gasteiger partial charge < -0.3 is 25.0 Å². The summed E-state index contributed by atoms with van der Waals surface area (Å²) < 4.78 is 81.3.